The maximum absolute atomic E-state index is 13.9. The molecule has 2 fully saturated rings. The first-order valence-corrected chi connectivity index (χ1v) is 15.1. The van der Waals surface area contributed by atoms with Crippen LogP contribution in [0.1, 0.15) is 72.6 Å². The molecule has 1 N–H and O–H groups in total. The van der Waals surface area contributed by atoms with Crippen LogP contribution >= 0.6 is 0 Å². The minimum absolute atomic E-state index is 0.0180. The Kier molecular flexibility index (Phi) is 9.32. The number of likely N-dealkylation sites (tertiary alicyclic amines) is 1. The second kappa shape index (κ2) is 12.7. The summed E-state index contributed by atoms with van der Waals surface area (Å²) in [4.78, 5) is 46.0. The number of sulfonamides is 1. The number of anilines is 1. The molecule has 2 saturated heterocycles. The molecule has 13 heteroatoms. The standard InChI is InChI=1S/C28H31F2N5O5S/c1-2-4-25(36)22-13-20(15-31)27(32-24(22)16-35-10-3-5-26(35)37)34-11-8-18(9-12-34)28(38)33-41(39,40)17-19-6-7-21(29)14-23(19)30/h6-7,13-14,18H,2-5,8-12,16-17H2,1H3,(H,33,38). The monoisotopic (exact) mass is 587 g/mol. The molecule has 2 aromatic rings. The van der Waals surface area contributed by atoms with Crippen molar-refractivity contribution in [3.8, 4) is 6.07 Å². The number of pyridine rings is 1. The summed E-state index contributed by atoms with van der Waals surface area (Å²) in [5.41, 5.74) is 0.687. The van der Waals surface area contributed by atoms with Crippen LogP contribution in [0.5, 0.6) is 0 Å². The summed E-state index contributed by atoms with van der Waals surface area (Å²) in [6.45, 7) is 3.18. The van der Waals surface area contributed by atoms with Gasteiger partial charge in [-0.05, 0) is 37.8 Å². The number of carbonyl (C=O) groups is 3. The SMILES string of the molecule is CCCC(=O)c1cc(C#N)c(N2CCC(C(=O)NS(=O)(=O)Cc3ccc(F)cc3F)CC2)nc1CN1CCCC1=O. The Hall–Kier alpha value is -3.92. The molecule has 0 aliphatic carbocycles. The van der Waals surface area contributed by atoms with Crippen molar-refractivity contribution in [3.63, 3.8) is 0 Å². The van der Waals surface area contributed by atoms with Crippen molar-refractivity contribution in [2.45, 2.75) is 57.7 Å². The number of halogens is 2. The largest absolute Gasteiger partial charge is 0.355 e. The number of nitrogens with one attached hydrogen (secondary N) is 1. The molecule has 4 rings (SSSR count). The van der Waals surface area contributed by atoms with Gasteiger partial charge >= 0.3 is 0 Å². The molecule has 0 unspecified atom stereocenters. The highest BCUT2D eigenvalue weighted by Crippen LogP contribution is 2.29. The van der Waals surface area contributed by atoms with E-state index >= 15 is 0 Å². The topological polar surface area (TPSA) is 141 Å². The number of nitrogens with zero attached hydrogens (tertiary/aromatic N) is 4. The van der Waals surface area contributed by atoms with E-state index in [1.165, 1.54) is 6.07 Å². The molecular formula is C28H31F2N5O5S. The van der Waals surface area contributed by atoms with Crippen LogP contribution in [0.15, 0.2) is 24.3 Å². The number of amides is 2. The van der Waals surface area contributed by atoms with Gasteiger partial charge in [0.1, 0.15) is 23.5 Å². The molecule has 0 radical (unpaired) electrons. The molecular weight excluding hydrogens is 556 g/mol. The first-order chi connectivity index (χ1) is 19.5. The molecule has 41 heavy (non-hydrogen) atoms. The number of nitriles is 1. The van der Waals surface area contributed by atoms with E-state index < -0.39 is 39.2 Å². The number of Topliss-reactive ketones (excluding diaryl/α,β-unsaturated/α-hetero) is 1. The van der Waals surface area contributed by atoms with Crippen LogP contribution in [0.25, 0.3) is 0 Å². The molecule has 2 amide bonds. The predicted molar refractivity (Wildman–Crippen MR) is 145 cm³/mol. The molecule has 0 saturated carbocycles. The number of hydrogen-bond acceptors (Lipinski definition) is 8. The van der Waals surface area contributed by atoms with Gasteiger partial charge in [0.05, 0.1) is 23.6 Å². The van der Waals surface area contributed by atoms with Crippen molar-refractivity contribution in [2.75, 3.05) is 24.5 Å². The Morgan fingerprint density at radius 3 is 2.51 bits per heavy atom. The van der Waals surface area contributed by atoms with Gasteiger partial charge in [-0.1, -0.05) is 13.0 Å². The van der Waals surface area contributed by atoms with E-state index in [0.717, 1.165) is 18.6 Å². The lowest BCUT2D eigenvalue weighted by atomic mass is 9.95. The van der Waals surface area contributed by atoms with Gasteiger partial charge in [-0.3, -0.25) is 19.1 Å². The Balaban J connectivity index is 1.47. The highest BCUT2D eigenvalue weighted by molar-refractivity contribution is 7.89. The lowest BCUT2D eigenvalue weighted by Gasteiger charge is -2.33. The summed E-state index contributed by atoms with van der Waals surface area (Å²) in [7, 11) is -4.23. The summed E-state index contributed by atoms with van der Waals surface area (Å²) in [6, 6.07) is 6.16. The third-order valence-corrected chi connectivity index (χ3v) is 8.48. The zero-order valence-corrected chi connectivity index (χ0v) is 23.5. The van der Waals surface area contributed by atoms with Crippen molar-refractivity contribution in [2.24, 2.45) is 5.92 Å². The van der Waals surface area contributed by atoms with Crippen LogP contribution in [-0.2, 0) is 31.9 Å². The summed E-state index contributed by atoms with van der Waals surface area (Å²) >= 11 is 0. The maximum atomic E-state index is 13.9. The number of rotatable bonds is 10. The van der Waals surface area contributed by atoms with Gasteiger partial charge in [-0.25, -0.2) is 22.2 Å². The van der Waals surface area contributed by atoms with Crippen LogP contribution in [0, 0.1) is 28.9 Å². The minimum atomic E-state index is -4.23. The highest BCUT2D eigenvalue weighted by Gasteiger charge is 2.31. The lowest BCUT2D eigenvalue weighted by Crippen LogP contribution is -2.43. The normalized spacial score (nSPS) is 16.1. The number of benzene rings is 1. The van der Waals surface area contributed by atoms with E-state index in [1.807, 2.05) is 16.5 Å². The Bertz CT molecular complexity index is 1500. The van der Waals surface area contributed by atoms with Crippen molar-refractivity contribution >= 4 is 33.4 Å². The summed E-state index contributed by atoms with van der Waals surface area (Å²) in [5, 5.41) is 9.86. The molecule has 2 aliphatic heterocycles. The third-order valence-electron chi connectivity index (χ3n) is 7.27. The molecule has 1 aromatic carbocycles. The summed E-state index contributed by atoms with van der Waals surface area (Å²) in [5.74, 6) is -3.88. The van der Waals surface area contributed by atoms with Gasteiger partial charge in [0.2, 0.25) is 21.8 Å². The van der Waals surface area contributed by atoms with Crippen molar-refractivity contribution in [1.29, 1.82) is 5.26 Å². The molecule has 218 valence electrons. The average Bonchev–Trinajstić information content (AvgIpc) is 3.34. The predicted octanol–water partition coefficient (Wildman–Crippen LogP) is 3.20. The van der Waals surface area contributed by atoms with E-state index in [-0.39, 0.29) is 61.7 Å². The van der Waals surface area contributed by atoms with Crippen LogP contribution < -0.4 is 9.62 Å². The van der Waals surface area contributed by atoms with Crippen molar-refractivity contribution in [1.82, 2.24) is 14.6 Å². The number of aromatic nitrogens is 1. The molecule has 0 bridgehead atoms. The molecule has 0 atom stereocenters. The molecule has 3 heterocycles. The fourth-order valence-corrected chi connectivity index (χ4v) is 6.30. The number of carbonyl (C=O) groups excluding carboxylic acids is 3. The molecule has 0 spiro atoms. The van der Waals surface area contributed by atoms with Crippen LogP contribution in [0.3, 0.4) is 0 Å². The Morgan fingerprint density at radius 2 is 1.90 bits per heavy atom. The first kappa shape index (κ1) is 30.0. The number of hydrogen-bond donors (Lipinski definition) is 1. The van der Waals surface area contributed by atoms with Crippen LogP contribution in [-0.4, -0.2) is 55.5 Å². The number of ketones is 1. The summed E-state index contributed by atoms with van der Waals surface area (Å²) < 4.78 is 54.0. The Morgan fingerprint density at radius 1 is 1.17 bits per heavy atom. The van der Waals surface area contributed by atoms with Gasteiger partial charge in [-0.15, -0.1) is 0 Å². The second-order valence-electron chi connectivity index (χ2n) is 10.3. The zero-order valence-electron chi connectivity index (χ0n) is 22.7. The third kappa shape index (κ3) is 7.24. The zero-order chi connectivity index (χ0) is 29.7. The van der Waals surface area contributed by atoms with Crippen molar-refractivity contribution in [3.05, 3.63) is 58.3 Å². The smallest absolute Gasteiger partial charge is 0.239 e. The van der Waals surface area contributed by atoms with E-state index in [9.17, 15) is 36.8 Å². The van der Waals surface area contributed by atoms with E-state index in [0.29, 0.717) is 42.5 Å². The van der Waals surface area contributed by atoms with E-state index in [2.05, 4.69) is 11.1 Å². The molecule has 10 nitrogen and oxygen atoms in total. The Labute approximate surface area is 237 Å². The van der Waals surface area contributed by atoms with Crippen LogP contribution in [0.4, 0.5) is 14.6 Å². The van der Waals surface area contributed by atoms with E-state index in [4.69, 9.17) is 0 Å². The van der Waals surface area contributed by atoms with Gasteiger partial charge in [0.25, 0.3) is 0 Å². The quantitative estimate of drug-likeness (QED) is 0.418. The first-order valence-electron chi connectivity index (χ1n) is 13.5. The lowest BCUT2D eigenvalue weighted by molar-refractivity contribution is -0.128. The average molecular weight is 588 g/mol. The fourth-order valence-electron chi connectivity index (χ4n) is 5.11. The van der Waals surface area contributed by atoms with E-state index in [1.54, 1.807) is 4.90 Å². The highest BCUT2D eigenvalue weighted by atomic mass is 32.2. The molecule has 2 aliphatic rings. The fraction of sp³-hybridized carbons (Fsp3) is 0.464. The minimum Gasteiger partial charge on any atom is -0.355 e. The van der Waals surface area contributed by atoms with Gasteiger partial charge < -0.3 is 9.80 Å². The second-order valence-corrected chi connectivity index (χ2v) is 12.0. The van der Waals surface area contributed by atoms with Crippen LogP contribution in [0.2, 0.25) is 0 Å². The van der Waals surface area contributed by atoms with Gasteiger partial charge in [-0.2, -0.15) is 5.26 Å². The van der Waals surface area contributed by atoms with Gasteiger partial charge in [0.15, 0.2) is 5.78 Å². The van der Waals surface area contributed by atoms with Crippen molar-refractivity contribution < 1.29 is 31.6 Å². The maximum Gasteiger partial charge on any atom is 0.239 e. The van der Waals surface area contributed by atoms with Gasteiger partial charge in [0, 0.05) is 55.6 Å². The summed E-state index contributed by atoms with van der Waals surface area (Å²) in [6.07, 6.45) is 2.58. The number of piperidine rings is 1. The molecule has 1 aromatic heterocycles.